The smallest absolute Gasteiger partial charge is 0.290 e. The van der Waals surface area contributed by atoms with E-state index in [0.29, 0.717) is 43.4 Å². The van der Waals surface area contributed by atoms with Crippen LogP contribution in [0.5, 0.6) is 11.5 Å². The lowest BCUT2D eigenvalue weighted by molar-refractivity contribution is -0.115. The monoisotopic (exact) mass is 564 g/mol. The van der Waals surface area contributed by atoms with E-state index >= 15 is 0 Å². The Kier molecular flexibility index (Phi) is 7.45. The van der Waals surface area contributed by atoms with Crippen LogP contribution in [0.1, 0.15) is 12.5 Å². The third kappa shape index (κ3) is 5.15. The van der Waals surface area contributed by atoms with E-state index in [4.69, 9.17) is 21.1 Å². The molecule has 0 spiro atoms. The van der Waals surface area contributed by atoms with Crippen molar-refractivity contribution >= 4 is 51.0 Å². The maximum absolute atomic E-state index is 14.8. The molecule has 39 heavy (non-hydrogen) atoms. The highest BCUT2D eigenvalue weighted by Crippen LogP contribution is 2.35. The first-order valence-corrected chi connectivity index (χ1v) is 13.1. The summed E-state index contributed by atoms with van der Waals surface area (Å²) in [5.74, 6) is -0.512. The Morgan fingerprint density at radius 1 is 1.00 bits per heavy atom. The van der Waals surface area contributed by atoms with E-state index in [2.05, 4.69) is 5.32 Å². The number of imide groups is 1. The van der Waals surface area contributed by atoms with Crippen molar-refractivity contribution in [3.8, 4) is 22.8 Å². The number of nitrogens with one attached hydrogen (secondary N) is 1. The molecular formula is C29H22ClFN2O5S. The van der Waals surface area contributed by atoms with Gasteiger partial charge in [0, 0.05) is 18.0 Å². The molecule has 0 unspecified atom stereocenters. The van der Waals surface area contributed by atoms with Crippen LogP contribution < -0.4 is 20.2 Å². The molecule has 1 N–H and O–H groups in total. The second-order valence-electron chi connectivity index (χ2n) is 8.70. The zero-order valence-electron chi connectivity index (χ0n) is 20.9. The number of carbonyl (C=O) groups excluding carboxylic acids is 2. The maximum atomic E-state index is 14.8. The summed E-state index contributed by atoms with van der Waals surface area (Å²) in [7, 11) is 1.76. The number of fused-ring (bicyclic) bond motifs is 1. The average Bonchev–Trinajstić information content (AvgIpc) is 3.27. The van der Waals surface area contributed by atoms with Crippen LogP contribution in [0, 0.1) is 5.82 Å². The fourth-order valence-corrected chi connectivity index (χ4v) is 5.37. The summed E-state index contributed by atoms with van der Waals surface area (Å²) in [6.45, 7) is 1.78. The summed E-state index contributed by atoms with van der Waals surface area (Å²) in [6, 6.07) is 18.3. The standard InChI is InChI=1S/C29H22ClFN2O5S/c1-16(27-28(35)32-29(36)39-27)17-11-12-23(20(30)15-17)37-13-14-38-26-24(18-7-3-5-9-21(18)31)33(2)22-10-6-4-8-19(22)25(26)34/h3-12,15H,13-14H2,1-2H3,(H,32,35,36)/b27-16+. The second-order valence-corrected chi connectivity index (χ2v) is 10.1. The summed E-state index contributed by atoms with van der Waals surface area (Å²) in [4.78, 5) is 37.2. The number of ether oxygens (including phenoxy) is 2. The van der Waals surface area contributed by atoms with E-state index in [1.165, 1.54) is 6.07 Å². The van der Waals surface area contributed by atoms with Gasteiger partial charge < -0.3 is 14.0 Å². The van der Waals surface area contributed by atoms with Gasteiger partial charge in [0.2, 0.25) is 5.43 Å². The Balaban J connectivity index is 1.37. The van der Waals surface area contributed by atoms with Crippen LogP contribution >= 0.6 is 23.4 Å². The third-order valence-corrected chi connectivity index (χ3v) is 7.58. The largest absolute Gasteiger partial charge is 0.488 e. The van der Waals surface area contributed by atoms with E-state index in [-0.39, 0.29) is 30.0 Å². The number of para-hydroxylation sites is 1. The number of amides is 2. The minimum atomic E-state index is -0.473. The van der Waals surface area contributed by atoms with Gasteiger partial charge in [-0.2, -0.15) is 0 Å². The number of nitrogens with zero attached hydrogens (tertiary/aromatic N) is 1. The highest BCUT2D eigenvalue weighted by Gasteiger charge is 2.27. The highest BCUT2D eigenvalue weighted by molar-refractivity contribution is 8.18. The summed E-state index contributed by atoms with van der Waals surface area (Å²) >= 11 is 7.26. The normalized spacial score (nSPS) is 14.5. The third-order valence-electron chi connectivity index (χ3n) is 6.31. The van der Waals surface area contributed by atoms with Crippen LogP contribution in [0.15, 0.2) is 76.4 Å². The Hall–Kier alpha value is -4.08. The van der Waals surface area contributed by atoms with Crippen LogP contribution in [0.2, 0.25) is 5.02 Å². The van der Waals surface area contributed by atoms with Crippen molar-refractivity contribution < 1.29 is 23.5 Å². The first-order valence-electron chi connectivity index (χ1n) is 11.9. The van der Waals surface area contributed by atoms with E-state index in [9.17, 15) is 18.8 Å². The fourth-order valence-electron chi connectivity index (χ4n) is 4.39. The van der Waals surface area contributed by atoms with Gasteiger partial charge in [-0.1, -0.05) is 41.9 Å². The number of hydrogen-bond donors (Lipinski definition) is 1. The van der Waals surface area contributed by atoms with Gasteiger partial charge in [-0.3, -0.25) is 19.7 Å². The first-order chi connectivity index (χ1) is 18.8. The average molecular weight is 565 g/mol. The van der Waals surface area contributed by atoms with Crippen LogP contribution in [0.4, 0.5) is 9.18 Å². The number of benzene rings is 3. The molecule has 5 rings (SSSR count). The van der Waals surface area contributed by atoms with Crippen LogP contribution in [-0.4, -0.2) is 28.9 Å². The van der Waals surface area contributed by atoms with Gasteiger partial charge >= 0.3 is 0 Å². The maximum Gasteiger partial charge on any atom is 0.290 e. The zero-order valence-corrected chi connectivity index (χ0v) is 22.5. The number of aryl methyl sites for hydroxylation is 1. The number of allylic oxidation sites excluding steroid dienone is 1. The number of thioether (sulfide) groups is 1. The number of halogens is 2. The molecule has 1 aliphatic heterocycles. The summed E-state index contributed by atoms with van der Waals surface area (Å²) in [6.07, 6.45) is 0. The summed E-state index contributed by atoms with van der Waals surface area (Å²) in [5.41, 5.74) is 2.17. The number of aromatic nitrogens is 1. The molecule has 0 bridgehead atoms. The minimum absolute atomic E-state index is 0.00485. The summed E-state index contributed by atoms with van der Waals surface area (Å²) < 4.78 is 28.3. The molecule has 0 aliphatic carbocycles. The predicted octanol–water partition coefficient (Wildman–Crippen LogP) is 6.17. The highest BCUT2D eigenvalue weighted by atomic mass is 35.5. The molecule has 3 aromatic carbocycles. The minimum Gasteiger partial charge on any atom is -0.488 e. The number of carbonyl (C=O) groups is 2. The molecule has 0 atom stereocenters. The quantitative estimate of drug-likeness (QED) is 0.213. The molecule has 0 radical (unpaired) electrons. The van der Waals surface area contributed by atoms with E-state index in [1.54, 1.807) is 73.1 Å². The Bertz CT molecular complexity index is 1730. The van der Waals surface area contributed by atoms with E-state index in [1.807, 2.05) is 6.07 Å². The van der Waals surface area contributed by atoms with Crippen molar-refractivity contribution in [2.45, 2.75) is 6.92 Å². The van der Waals surface area contributed by atoms with Gasteiger partial charge in [0.05, 0.1) is 21.1 Å². The Labute approximate surface area is 232 Å². The van der Waals surface area contributed by atoms with Crippen molar-refractivity contribution in [1.29, 1.82) is 0 Å². The van der Waals surface area contributed by atoms with Crippen LogP contribution in [0.25, 0.3) is 27.7 Å². The van der Waals surface area contributed by atoms with Crippen molar-refractivity contribution in [3.05, 3.63) is 98.3 Å². The van der Waals surface area contributed by atoms with Crippen molar-refractivity contribution in [2.75, 3.05) is 13.2 Å². The molecule has 1 saturated heterocycles. The number of pyridine rings is 1. The van der Waals surface area contributed by atoms with Crippen molar-refractivity contribution in [1.82, 2.24) is 9.88 Å². The zero-order chi connectivity index (χ0) is 27.7. The van der Waals surface area contributed by atoms with E-state index < -0.39 is 17.0 Å². The molecule has 2 heterocycles. The predicted molar refractivity (Wildman–Crippen MR) is 151 cm³/mol. The molecule has 2 amide bonds. The van der Waals surface area contributed by atoms with Gasteiger partial charge in [-0.25, -0.2) is 4.39 Å². The van der Waals surface area contributed by atoms with Gasteiger partial charge in [-0.15, -0.1) is 0 Å². The van der Waals surface area contributed by atoms with Gasteiger partial charge in [0.1, 0.15) is 24.8 Å². The second kappa shape index (κ2) is 11.0. The fraction of sp³-hybridized carbons (Fsp3) is 0.138. The van der Waals surface area contributed by atoms with Crippen LogP contribution in [-0.2, 0) is 11.8 Å². The molecular weight excluding hydrogens is 543 g/mol. The molecule has 1 aromatic heterocycles. The Morgan fingerprint density at radius 3 is 2.44 bits per heavy atom. The van der Waals surface area contributed by atoms with Gasteiger partial charge in [0.25, 0.3) is 11.1 Å². The molecule has 0 saturated carbocycles. The molecule has 7 nitrogen and oxygen atoms in total. The lowest BCUT2D eigenvalue weighted by Crippen LogP contribution is -2.19. The number of hydrogen-bond acceptors (Lipinski definition) is 6. The summed E-state index contributed by atoms with van der Waals surface area (Å²) in [5, 5.41) is 2.58. The Morgan fingerprint density at radius 2 is 1.72 bits per heavy atom. The lowest BCUT2D eigenvalue weighted by Gasteiger charge is -2.18. The first kappa shape index (κ1) is 26.5. The van der Waals surface area contributed by atoms with Crippen molar-refractivity contribution in [3.63, 3.8) is 0 Å². The van der Waals surface area contributed by atoms with Crippen molar-refractivity contribution in [2.24, 2.45) is 7.05 Å². The van der Waals surface area contributed by atoms with E-state index in [0.717, 1.165) is 11.8 Å². The molecule has 1 fully saturated rings. The topological polar surface area (TPSA) is 86.6 Å². The molecule has 198 valence electrons. The van der Waals surface area contributed by atoms with Gasteiger partial charge in [-0.05, 0) is 66.2 Å². The number of rotatable bonds is 7. The van der Waals surface area contributed by atoms with Gasteiger partial charge in [0.15, 0.2) is 5.75 Å². The molecule has 4 aromatic rings. The van der Waals surface area contributed by atoms with Crippen LogP contribution in [0.3, 0.4) is 0 Å². The SMILES string of the molecule is C/C(=C1\SC(=O)NC1=O)c1ccc(OCCOc2c(-c3ccccc3F)n(C)c3ccccc3c2=O)c(Cl)c1. The molecule has 10 heteroatoms. The lowest BCUT2D eigenvalue weighted by atomic mass is 10.1. The molecule has 1 aliphatic rings.